The van der Waals surface area contributed by atoms with Crippen LogP contribution in [0.25, 0.3) is 5.82 Å². The third-order valence-electron chi connectivity index (χ3n) is 1.75. The molecule has 2 aromatic heterocycles. The number of nitrogens with zero attached hydrogens (tertiary/aromatic N) is 3. The lowest BCUT2D eigenvalue weighted by Crippen LogP contribution is -1.94. The topological polar surface area (TPSA) is 56.7 Å². The lowest BCUT2D eigenvalue weighted by Gasteiger charge is -1.99. The predicted octanol–water partition coefficient (Wildman–Crippen LogP) is 1.16. The van der Waals surface area contributed by atoms with Gasteiger partial charge in [0.15, 0.2) is 0 Å². The number of aryl methyl sites for hydroxylation is 1. The molecule has 0 fully saturated rings. The van der Waals surface area contributed by atoms with E-state index in [1.165, 1.54) is 0 Å². The van der Waals surface area contributed by atoms with Crippen molar-refractivity contribution in [2.45, 2.75) is 6.92 Å². The summed E-state index contributed by atoms with van der Waals surface area (Å²) in [7, 11) is 0. The van der Waals surface area contributed by atoms with E-state index in [9.17, 15) is 0 Å². The molecule has 0 bridgehead atoms. The average Bonchev–Trinajstić information content (AvgIpc) is 2.53. The number of hydrogen-bond acceptors (Lipinski definition) is 3. The van der Waals surface area contributed by atoms with Crippen molar-refractivity contribution < 1.29 is 0 Å². The quantitative estimate of drug-likeness (QED) is 0.705. The SMILES string of the molecule is Cc1cn(-c2ccc(N)cn2)cn1. The summed E-state index contributed by atoms with van der Waals surface area (Å²) < 4.78 is 1.86. The van der Waals surface area contributed by atoms with Crippen LogP contribution in [0.1, 0.15) is 5.69 Å². The summed E-state index contributed by atoms with van der Waals surface area (Å²) in [4.78, 5) is 8.27. The third kappa shape index (κ3) is 1.51. The van der Waals surface area contributed by atoms with E-state index in [1.807, 2.05) is 29.8 Å². The second-order valence-corrected chi connectivity index (χ2v) is 2.87. The first-order valence-electron chi connectivity index (χ1n) is 3.98. The highest BCUT2D eigenvalue weighted by atomic mass is 15.1. The van der Waals surface area contributed by atoms with Gasteiger partial charge < -0.3 is 5.73 Å². The van der Waals surface area contributed by atoms with Crippen molar-refractivity contribution in [1.82, 2.24) is 14.5 Å². The maximum Gasteiger partial charge on any atom is 0.137 e. The molecule has 0 unspecified atom stereocenters. The predicted molar refractivity (Wildman–Crippen MR) is 50.5 cm³/mol. The fraction of sp³-hybridized carbons (Fsp3) is 0.111. The summed E-state index contributed by atoms with van der Waals surface area (Å²) in [6, 6.07) is 3.67. The molecule has 0 amide bonds. The molecule has 0 aliphatic carbocycles. The van der Waals surface area contributed by atoms with Gasteiger partial charge in [0.1, 0.15) is 12.1 Å². The average molecular weight is 174 g/mol. The number of imidazole rings is 1. The second kappa shape index (κ2) is 2.90. The van der Waals surface area contributed by atoms with E-state index in [-0.39, 0.29) is 0 Å². The summed E-state index contributed by atoms with van der Waals surface area (Å²) in [6.07, 6.45) is 5.27. The van der Waals surface area contributed by atoms with Crippen LogP contribution in [0, 0.1) is 6.92 Å². The van der Waals surface area contributed by atoms with Gasteiger partial charge in [-0.3, -0.25) is 4.57 Å². The zero-order chi connectivity index (χ0) is 9.26. The minimum atomic E-state index is 0.667. The molecule has 2 rings (SSSR count). The van der Waals surface area contributed by atoms with E-state index in [2.05, 4.69) is 9.97 Å². The fourth-order valence-corrected chi connectivity index (χ4v) is 1.10. The summed E-state index contributed by atoms with van der Waals surface area (Å²) >= 11 is 0. The number of rotatable bonds is 1. The maximum atomic E-state index is 5.52. The number of nitrogens with two attached hydrogens (primary N) is 1. The monoisotopic (exact) mass is 174 g/mol. The minimum absolute atomic E-state index is 0.667. The number of hydrogen-bond donors (Lipinski definition) is 1. The normalized spacial score (nSPS) is 10.2. The highest BCUT2D eigenvalue weighted by Gasteiger charge is 1.97. The first kappa shape index (κ1) is 7.79. The first-order chi connectivity index (χ1) is 6.25. The number of nitrogen functional groups attached to an aromatic ring is 1. The Labute approximate surface area is 76.1 Å². The Morgan fingerprint density at radius 1 is 1.31 bits per heavy atom. The van der Waals surface area contributed by atoms with Crippen molar-refractivity contribution in [3.8, 4) is 5.82 Å². The van der Waals surface area contributed by atoms with E-state index >= 15 is 0 Å². The number of anilines is 1. The second-order valence-electron chi connectivity index (χ2n) is 2.87. The summed E-state index contributed by atoms with van der Waals surface area (Å²) in [5.41, 5.74) is 7.16. The lowest BCUT2D eigenvalue weighted by molar-refractivity contribution is 0.994. The van der Waals surface area contributed by atoms with Gasteiger partial charge in [-0.05, 0) is 19.1 Å². The molecule has 4 nitrogen and oxygen atoms in total. The standard InChI is InChI=1S/C9H10N4/c1-7-5-13(6-12-7)9-3-2-8(10)4-11-9/h2-6H,10H2,1H3. The van der Waals surface area contributed by atoms with Crippen LogP contribution in [0.4, 0.5) is 5.69 Å². The van der Waals surface area contributed by atoms with Gasteiger partial charge >= 0.3 is 0 Å². The van der Waals surface area contributed by atoms with Gasteiger partial charge in [-0.2, -0.15) is 0 Å². The van der Waals surface area contributed by atoms with Crippen LogP contribution in [0.2, 0.25) is 0 Å². The molecule has 0 aliphatic rings. The highest BCUT2D eigenvalue weighted by molar-refractivity contribution is 5.38. The molecule has 0 spiro atoms. The van der Waals surface area contributed by atoms with Gasteiger partial charge in [-0.25, -0.2) is 9.97 Å². The van der Waals surface area contributed by atoms with Crippen LogP contribution in [0.5, 0.6) is 0 Å². The summed E-state index contributed by atoms with van der Waals surface area (Å²) in [5, 5.41) is 0. The number of pyridine rings is 1. The van der Waals surface area contributed by atoms with Crippen LogP contribution in [0.3, 0.4) is 0 Å². The summed E-state index contributed by atoms with van der Waals surface area (Å²) in [6.45, 7) is 1.94. The maximum absolute atomic E-state index is 5.52. The molecular formula is C9H10N4. The minimum Gasteiger partial charge on any atom is -0.397 e. The molecule has 2 N–H and O–H groups in total. The lowest BCUT2D eigenvalue weighted by atomic mass is 10.4. The Balaban J connectivity index is 2.41. The van der Waals surface area contributed by atoms with Crippen LogP contribution in [-0.2, 0) is 0 Å². The molecule has 0 atom stereocenters. The first-order valence-corrected chi connectivity index (χ1v) is 3.98. The van der Waals surface area contributed by atoms with Gasteiger partial charge in [0.05, 0.1) is 17.6 Å². The van der Waals surface area contributed by atoms with E-state index < -0.39 is 0 Å². The van der Waals surface area contributed by atoms with Gasteiger partial charge in [0, 0.05) is 6.20 Å². The molecule has 0 aromatic carbocycles. The van der Waals surface area contributed by atoms with Crippen LogP contribution < -0.4 is 5.73 Å². The van der Waals surface area contributed by atoms with Crippen molar-refractivity contribution >= 4 is 5.69 Å². The van der Waals surface area contributed by atoms with Crippen LogP contribution in [-0.4, -0.2) is 14.5 Å². The van der Waals surface area contributed by atoms with Crippen LogP contribution >= 0.6 is 0 Å². The molecular weight excluding hydrogens is 164 g/mol. The van der Waals surface area contributed by atoms with E-state index in [0.29, 0.717) is 5.69 Å². The van der Waals surface area contributed by atoms with Crippen molar-refractivity contribution in [1.29, 1.82) is 0 Å². The van der Waals surface area contributed by atoms with E-state index in [0.717, 1.165) is 11.5 Å². The Hall–Kier alpha value is -1.84. The molecule has 66 valence electrons. The third-order valence-corrected chi connectivity index (χ3v) is 1.75. The largest absolute Gasteiger partial charge is 0.397 e. The molecule has 0 saturated heterocycles. The van der Waals surface area contributed by atoms with Crippen LogP contribution in [0.15, 0.2) is 30.9 Å². The molecule has 0 aliphatic heterocycles. The highest BCUT2D eigenvalue weighted by Crippen LogP contribution is 2.06. The molecule has 2 aromatic rings. The Bertz CT molecular complexity index is 402. The Morgan fingerprint density at radius 3 is 2.69 bits per heavy atom. The van der Waals surface area contributed by atoms with E-state index in [1.54, 1.807) is 12.5 Å². The Morgan fingerprint density at radius 2 is 2.15 bits per heavy atom. The van der Waals surface area contributed by atoms with Gasteiger partial charge in [0.2, 0.25) is 0 Å². The van der Waals surface area contributed by atoms with Gasteiger partial charge in [0.25, 0.3) is 0 Å². The van der Waals surface area contributed by atoms with Crippen molar-refractivity contribution in [2.24, 2.45) is 0 Å². The molecule has 2 heterocycles. The molecule has 0 saturated carbocycles. The zero-order valence-electron chi connectivity index (χ0n) is 7.31. The van der Waals surface area contributed by atoms with Crippen molar-refractivity contribution in [2.75, 3.05) is 5.73 Å². The smallest absolute Gasteiger partial charge is 0.137 e. The number of aromatic nitrogens is 3. The summed E-state index contributed by atoms with van der Waals surface area (Å²) in [5.74, 6) is 0.829. The van der Waals surface area contributed by atoms with Crippen molar-refractivity contribution in [3.63, 3.8) is 0 Å². The fourth-order valence-electron chi connectivity index (χ4n) is 1.10. The molecule has 4 heteroatoms. The molecule has 0 radical (unpaired) electrons. The van der Waals surface area contributed by atoms with E-state index in [4.69, 9.17) is 5.73 Å². The zero-order valence-corrected chi connectivity index (χ0v) is 7.31. The van der Waals surface area contributed by atoms with Gasteiger partial charge in [-0.1, -0.05) is 0 Å². The van der Waals surface area contributed by atoms with Crippen molar-refractivity contribution in [3.05, 3.63) is 36.5 Å². The van der Waals surface area contributed by atoms with Gasteiger partial charge in [-0.15, -0.1) is 0 Å². The Kier molecular flexibility index (Phi) is 1.73. The molecule has 13 heavy (non-hydrogen) atoms.